The summed E-state index contributed by atoms with van der Waals surface area (Å²) in [6, 6.07) is 5.53. The number of carbonyl (C=O) groups excluding carboxylic acids is 1. The largest absolute Gasteiger partial charge is 0.382 e. The highest BCUT2D eigenvalue weighted by molar-refractivity contribution is 5.99. The molecular formula is C19H23NO4. The van der Waals surface area contributed by atoms with Gasteiger partial charge >= 0.3 is 0 Å². The molecule has 0 amide bonds. The van der Waals surface area contributed by atoms with Crippen LogP contribution in [0.15, 0.2) is 29.1 Å². The lowest BCUT2D eigenvalue weighted by Gasteiger charge is -2.13. The number of ketones is 1. The van der Waals surface area contributed by atoms with Crippen LogP contribution in [-0.2, 0) is 9.53 Å². The van der Waals surface area contributed by atoms with Crippen molar-refractivity contribution in [2.24, 2.45) is 0 Å². The van der Waals surface area contributed by atoms with Crippen LogP contribution in [0.1, 0.15) is 43.7 Å². The van der Waals surface area contributed by atoms with Gasteiger partial charge in [0.2, 0.25) is 0 Å². The third-order valence-corrected chi connectivity index (χ3v) is 4.13. The standard InChI is InChI=1S/C19H23NO4/c1-11-15(8-9-17(21)19(3,4)23)20-16-10-13(12(2)24-5)6-7-14(16)18(11)22/h6-10,12,23H,1-5H3,(H,20,22). The summed E-state index contributed by atoms with van der Waals surface area (Å²) in [5, 5.41) is 10.3. The Labute approximate surface area is 141 Å². The van der Waals surface area contributed by atoms with Gasteiger partial charge in [-0.15, -0.1) is 0 Å². The van der Waals surface area contributed by atoms with Gasteiger partial charge < -0.3 is 14.8 Å². The Morgan fingerprint density at radius 2 is 2.04 bits per heavy atom. The predicted octanol–water partition coefficient (Wildman–Crippen LogP) is 2.90. The number of aromatic amines is 1. The summed E-state index contributed by atoms with van der Waals surface area (Å²) in [4.78, 5) is 27.5. The molecule has 0 saturated carbocycles. The van der Waals surface area contributed by atoms with Crippen LogP contribution in [-0.4, -0.2) is 28.6 Å². The molecule has 0 aliphatic carbocycles. The Morgan fingerprint density at radius 3 is 2.62 bits per heavy atom. The minimum absolute atomic E-state index is 0.0873. The van der Waals surface area contributed by atoms with E-state index in [1.54, 1.807) is 20.1 Å². The normalized spacial score (nSPS) is 13.6. The molecule has 2 rings (SSSR count). The Hall–Kier alpha value is -2.24. The van der Waals surface area contributed by atoms with Crippen LogP contribution in [0.5, 0.6) is 0 Å². The Bertz CT molecular complexity index is 856. The van der Waals surface area contributed by atoms with E-state index >= 15 is 0 Å². The molecule has 128 valence electrons. The average molecular weight is 329 g/mol. The van der Waals surface area contributed by atoms with Crippen molar-refractivity contribution >= 4 is 22.8 Å². The molecule has 0 fully saturated rings. The SMILES string of the molecule is COC(C)c1ccc2c(=O)c(C)c(C=CC(=O)C(C)(C)O)[nH]c2c1. The molecule has 5 nitrogen and oxygen atoms in total. The lowest BCUT2D eigenvalue weighted by molar-refractivity contribution is -0.128. The highest BCUT2D eigenvalue weighted by Gasteiger charge is 2.20. The molecule has 1 atom stereocenters. The average Bonchev–Trinajstić information content (AvgIpc) is 2.54. The number of aliphatic hydroxyl groups is 1. The zero-order valence-corrected chi connectivity index (χ0v) is 14.6. The topological polar surface area (TPSA) is 79.4 Å². The summed E-state index contributed by atoms with van der Waals surface area (Å²) in [5.41, 5.74) is 1.18. The van der Waals surface area contributed by atoms with E-state index in [2.05, 4.69) is 4.98 Å². The molecular weight excluding hydrogens is 306 g/mol. The minimum Gasteiger partial charge on any atom is -0.382 e. The minimum atomic E-state index is -1.44. The van der Waals surface area contributed by atoms with Crippen LogP contribution < -0.4 is 5.43 Å². The summed E-state index contributed by atoms with van der Waals surface area (Å²) in [6.07, 6.45) is 2.73. The number of pyridine rings is 1. The maximum Gasteiger partial charge on any atom is 0.192 e. The number of rotatable bonds is 5. The second-order valence-corrected chi connectivity index (χ2v) is 6.43. The molecule has 0 aliphatic heterocycles. The van der Waals surface area contributed by atoms with Gasteiger partial charge in [-0.1, -0.05) is 6.07 Å². The molecule has 1 heterocycles. The first kappa shape index (κ1) is 18.1. The van der Waals surface area contributed by atoms with Crippen LogP contribution in [0, 0.1) is 6.92 Å². The smallest absolute Gasteiger partial charge is 0.192 e. The summed E-state index contributed by atoms with van der Waals surface area (Å²) in [7, 11) is 1.63. The molecule has 1 aromatic heterocycles. The first-order valence-corrected chi connectivity index (χ1v) is 7.79. The second-order valence-electron chi connectivity index (χ2n) is 6.43. The Kier molecular flexibility index (Phi) is 5.06. The first-order chi connectivity index (χ1) is 11.1. The van der Waals surface area contributed by atoms with Gasteiger partial charge in [-0.3, -0.25) is 9.59 Å². The molecule has 0 aliphatic rings. The quantitative estimate of drug-likeness (QED) is 0.827. The van der Waals surface area contributed by atoms with Crippen LogP contribution in [0.4, 0.5) is 0 Å². The van der Waals surface area contributed by atoms with E-state index in [-0.39, 0.29) is 11.5 Å². The molecule has 2 N–H and O–H groups in total. The van der Waals surface area contributed by atoms with E-state index in [1.807, 2.05) is 19.1 Å². The van der Waals surface area contributed by atoms with Gasteiger partial charge in [0.05, 0.1) is 11.6 Å². The third-order valence-electron chi connectivity index (χ3n) is 4.13. The molecule has 0 saturated heterocycles. The maximum atomic E-state index is 12.5. The van der Waals surface area contributed by atoms with Crippen LogP contribution in [0.25, 0.3) is 17.0 Å². The summed E-state index contributed by atoms with van der Waals surface area (Å²) >= 11 is 0. The summed E-state index contributed by atoms with van der Waals surface area (Å²) in [5.74, 6) is -0.426. The third kappa shape index (κ3) is 3.63. The van der Waals surface area contributed by atoms with E-state index in [0.29, 0.717) is 22.2 Å². The molecule has 5 heteroatoms. The van der Waals surface area contributed by atoms with Gasteiger partial charge in [-0.2, -0.15) is 0 Å². The van der Waals surface area contributed by atoms with E-state index in [0.717, 1.165) is 5.56 Å². The van der Waals surface area contributed by atoms with Gasteiger partial charge in [0, 0.05) is 23.8 Å². The molecule has 0 radical (unpaired) electrons. The zero-order valence-electron chi connectivity index (χ0n) is 14.6. The summed E-state index contributed by atoms with van der Waals surface area (Å²) in [6.45, 7) is 6.48. The number of aromatic nitrogens is 1. The van der Waals surface area contributed by atoms with Crippen molar-refractivity contribution in [2.75, 3.05) is 7.11 Å². The Balaban J connectivity index is 2.55. The van der Waals surface area contributed by atoms with Crippen LogP contribution >= 0.6 is 0 Å². The maximum absolute atomic E-state index is 12.5. The summed E-state index contributed by atoms with van der Waals surface area (Å²) < 4.78 is 5.31. The van der Waals surface area contributed by atoms with Crippen molar-refractivity contribution in [3.8, 4) is 0 Å². The number of hydrogen-bond donors (Lipinski definition) is 2. The van der Waals surface area contributed by atoms with Gasteiger partial charge in [0.15, 0.2) is 11.2 Å². The number of ether oxygens (including phenoxy) is 1. The zero-order chi connectivity index (χ0) is 18.1. The number of methoxy groups -OCH3 is 1. The number of nitrogens with one attached hydrogen (secondary N) is 1. The second kappa shape index (κ2) is 6.71. The van der Waals surface area contributed by atoms with Gasteiger partial charge in [-0.05, 0) is 57.5 Å². The van der Waals surface area contributed by atoms with Crippen LogP contribution in [0.2, 0.25) is 0 Å². The van der Waals surface area contributed by atoms with Crippen molar-refractivity contribution < 1.29 is 14.6 Å². The van der Waals surface area contributed by atoms with Crippen molar-refractivity contribution in [2.45, 2.75) is 39.4 Å². The molecule has 0 spiro atoms. The lowest BCUT2D eigenvalue weighted by atomic mass is 10.0. The van der Waals surface area contributed by atoms with Gasteiger partial charge in [-0.25, -0.2) is 0 Å². The lowest BCUT2D eigenvalue weighted by Crippen LogP contribution is -2.29. The number of hydrogen-bond acceptors (Lipinski definition) is 4. The van der Waals surface area contributed by atoms with Crippen molar-refractivity contribution in [3.63, 3.8) is 0 Å². The van der Waals surface area contributed by atoms with Crippen molar-refractivity contribution in [1.82, 2.24) is 4.98 Å². The van der Waals surface area contributed by atoms with E-state index in [4.69, 9.17) is 4.74 Å². The molecule has 1 unspecified atom stereocenters. The molecule has 24 heavy (non-hydrogen) atoms. The monoisotopic (exact) mass is 329 g/mol. The Morgan fingerprint density at radius 1 is 1.38 bits per heavy atom. The van der Waals surface area contributed by atoms with E-state index in [9.17, 15) is 14.7 Å². The predicted molar refractivity (Wildman–Crippen MR) is 95.1 cm³/mol. The van der Waals surface area contributed by atoms with Crippen molar-refractivity contribution in [3.05, 3.63) is 51.3 Å². The van der Waals surface area contributed by atoms with Gasteiger partial charge in [0.25, 0.3) is 0 Å². The fourth-order valence-corrected chi connectivity index (χ4v) is 2.35. The highest BCUT2D eigenvalue weighted by atomic mass is 16.5. The van der Waals surface area contributed by atoms with E-state index < -0.39 is 11.4 Å². The molecule has 2 aromatic rings. The fourth-order valence-electron chi connectivity index (χ4n) is 2.35. The number of fused-ring (bicyclic) bond motifs is 1. The number of carbonyl (C=O) groups is 1. The molecule has 1 aromatic carbocycles. The number of benzene rings is 1. The molecule has 0 bridgehead atoms. The van der Waals surface area contributed by atoms with Crippen molar-refractivity contribution in [1.29, 1.82) is 0 Å². The van der Waals surface area contributed by atoms with Crippen LogP contribution in [0.3, 0.4) is 0 Å². The fraction of sp³-hybridized carbons (Fsp3) is 0.368. The number of H-pyrrole nitrogens is 1. The van der Waals surface area contributed by atoms with E-state index in [1.165, 1.54) is 26.0 Å². The highest BCUT2D eigenvalue weighted by Crippen LogP contribution is 2.21. The van der Waals surface area contributed by atoms with Gasteiger partial charge in [0.1, 0.15) is 5.60 Å². The first-order valence-electron chi connectivity index (χ1n) is 7.79.